The third-order valence-electron chi connectivity index (χ3n) is 3.94. The molecular weight excluding hydrogens is 258 g/mol. The van der Waals surface area contributed by atoms with Gasteiger partial charge in [-0.05, 0) is 42.7 Å². The van der Waals surface area contributed by atoms with Gasteiger partial charge in [-0.2, -0.15) is 0 Å². The quantitative estimate of drug-likeness (QED) is 0.865. The number of nitrogens with zero attached hydrogens (tertiary/aromatic N) is 1. The molecule has 0 aliphatic carbocycles. The molecule has 19 heavy (non-hydrogen) atoms. The van der Waals surface area contributed by atoms with Crippen LogP contribution in [-0.4, -0.2) is 29.1 Å². The monoisotopic (exact) mass is 281 g/mol. The Morgan fingerprint density at radius 3 is 2.95 bits per heavy atom. The topological polar surface area (TPSA) is 40.5 Å². The summed E-state index contributed by atoms with van der Waals surface area (Å²) in [5, 5.41) is 10.9. The number of likely N-dealkylation sites (tertiary alicyclic amines) is 1. The Morgan fingerprint density at radius 2 is 2.37 bits per heavy atom. The number of rotatable bonds is 6. The van der Waals surface area contributed by atoms with Gasteiger partial charge in [0.25, 0.3) is 0 Å². The molecule has 1 aliphatic rings. The Hall–Kier alpha value is -0.870. The SMILES string of the molecule is CC(C)C(c1cccs1)N1CCC(CCC(=O)O)C1. The van der Waals surface area contributed by atoms with Crippen molar-refractivity contribution in [3.8, 4) is 0 Å². The standard InChI is InChI=1S/C15H23NO2S/c1-11(2)15(13-4-3-9-19-13)16-8-7-12(10-16)5-6-14(17)18/h3-4,9,11-12,15H,5-8,10H2,1-2H3,(H,17,18). The van der Waals surface area contributed by atoms with E-state index in [1.165, 1.54) is 4.88 Å². The van der Waals surface area contributed by atoms with Crippen molar-refractivity contribution in [1.82, 2.24) is 4.90 Å². The average Bonchev–Trinajstić information content (AvgIpc) is 2.98. The summed E-state index contributed by atoms with van der Waals surface area (Å²) in [6, 6.07) is 4.84. The fourth-order valence-corrected chi connectivity index (χ4v) is 4.10. The summed E-state index contributed by atoms with van der Waals surface area (Å²) < 4.78 is 0. The molecule has 3 nitrogen and oxygen atoms in total. The first-order valence-electron chi connectivity index (χ1n) is 7.07. The van der Waals surface area contributed by atoms with E-state index in [-0.39, 0.29) is 0 Å². The Morgan fingerprint density at radius 1 is 1.58 bits per heavy atom. The normalized spacial score (nSPS) is 21.9. The maximum absolute atomic E-state index is 10.7. The van der Waals surface area contributed by atoms with Crippen molar-refractivity contribution >= 4 is 17.3 Å². The zero-order valence-corrected chi connectivity index (χ0v) is 12.5. The Labute approximate surface area is 119 Å². The minimum atomic E-state index is -0.669. The molecule has 2 atom stereocenters. The summed E-state index contributed by atoms with van der Waals surface area (Å²) in [5.41, 5.74) is 0. The minimum absolute atomic E-state index is 0.309. The maximum atomic E-state index is 10.7. The number of thiophene rings is 1. The first-order valence-corrected chi connectivity index (χ1v) is 7.95. The minimum Gasteiger partial charge on any atom is -0.481 e. The molecule has 1 saturated heterocycles. The summed E-state index contributed by atoms with van der Waals surface area (Å²) in [6.07, 6.45) is 2.27. The molecule has 0 saturated carbocycles. The summed E-state index contributed by atoms with van der Waals surface area (Å²) in [6.45, 7) is 6.70. The molecule has 4 heteroatoms. The lowest BCUT2D eigenvalue weighted by atomic mass is 10.0. The van der Waals surface area contributed by atoms with E-state index >= 15 is 0 Å². The van der Waals surface area contributed by atoms with E-state index in [9.17, 15) is 4.79 Å². The highest BCUT2D eigenvalue weighted by atomic mass is 32.1. The van der Waals surface area contributed by atoms with Crippen LogP contribution in [-0.2, 0) is 4.79 Å². The van der Waals surface area contributed by atoms with Crippen LogP contribution in [0.3, 0.4) is 0 Å². The van der Waals surface area contributed by atoms with Crippen molar-refractivity contribution in [3.63, 3.8) is 0 Å². The molecular formula is C15H23NO2S. The lowest BCUT2D eigenvalue weighted by Crippen LogP contribution is -2.29. The van der Waals surface area contributed by atoms with Gasteiger partial charge in [-0.25, -0.2) is 0 Å². The van der Waals surface area contributed by atoms with Crippen LogP contribution in [0.1, 0.15) is 44.0 Å². The summed E-state index contributed by atoms with van der Waals surface area (Å²) in [5.74, 6) is 0.478. The van der Waals surface area contributed by atoms with E-state index in [0.29, 0.717) is 24.3 Å². The number of hydrogen-bond donors (Lipinski definition) is 1. The smallest absolute Gasteiger partial charge is 0.303 e. The highest BCUT2D eigenvalue weighted by Gasteiger charge is 2.31. The molecule has 1 fully saturated rings. The van der Waals surface area contributed by atoms with Gasteiger partial charge in [0.2, 0.25) is 0 Å². The molecule has 0 aromatic carbocycles. The van der Waals surface area contributed by atoms with Crippen molar-refractivity contribution in [1.29, 1.82) is 0 Å². The van der Waals surface area contributed by atoms with E-state index in [0.717, 1.165) is 25.9 Å². The molecule has 1 aromatic heterocycles. The number of carboxylic acid groups (broad SMARTS) is 1. The lowest BCUT2D eigenvalue weighted by Gasteiger charge is -2.30. The summed E-state index contributed by atoms with van der Waals surface area (Å²) in [4.78, 5) is 14.6. The Balaban J connectivity index is 1.95. The fraction of sp³-hybridized carbons (Fsp3) is 0.667. The van der Waals surface area contributed by atoms with Crippen molar-refractivity contribution in [2.24, 2.45) is 11.8 Å². The fourth-order valence-electron chi connectivity index (χ4n) is 3.07. The first-order chi connectivity index (χ1) is 9.08. The molecule has 0 bridgehead atoms. The highest BCUT2D eigenvalue weighted by molar-refractivity contribution is 7.10. The van der Waals surface area contributed by atoms with Crippen LogP contribution in [0.2, 0.25) is 0 Å². The van der Waals surface area contributed by atoms with Crippen LogP contribution in [0.5, 0.6) is 0 Å². The number of carboxylic acids is 1. The second kappa shape index (κ2) is 6.53. The molecule has 0 spiro atoms. The molecule has 2 rings (SSSR count). The van der Waals surface area contributed by atoms with Crippen LogP contribution < -0.4 is 0 Å². The molecule has 1 aliphatic heterocycles. The van der Waals surface area contributed by atoms with E-state index in [1.54, 1.807) is 0 Å². The van der Waals surface area contributed by atoms with Gasteiger partial charge in [0.05, 0.1) is 0 Å². The largest absolute Gasteiger partial charge is 0.481 e. The van der Waals surface area contributed by atoms with Gasteiger partial charge < -0.3 is 5.11 Å². The molecule has 1 aromatic rings. The zero-order valence-electron chi connectivity index (χ0n) is 11.7. The van der Waals surface area contributed by atoms with E-state index in [2.05, 4.69) is 36.3 Å². The van der Waals surface area contributed by atoms with Gasteiger partial charge in [0.15, 0.2) is 0 Å². The first kappa shape index (κ1) is 14.5. The lowest BCUT2D eigenvalue weighted by molar-refractivity contribution is -0.137. The molecule has 106 valence electrons. The van der Waals surface area contributed by atoms with Gasteiger partial charge in [0.1, 0.15) is 0 Å². The number of aliphatic carboxylic acids is 1. The number of hydrogen-bond acceptors (Lipinski definition) is 3. The van der Waals surface area contributed by atoms with Crippen molar-refractivity contribution in [2.75, 3.05) is 13.1 Å². The van der Waals surface area contributed by atoms with Crippen LogP contribution in [0.4, 0.5) is 0 Å². The zero-order chi connectivity index (χ0) is 13.8. The average molecular weight is 281 g/mol. The third kappa shape index (κ3) is 3.80. The molecule has 2 heterocycles. The summed E-state index contributed by atoms with van der Waals surface area (Å²) >= 11 is 1.83. The van der Waals surface area contributed by atoms with Crippen molar-refractivity contribution < 1.29 is 9.90 Å². The van der Waals surface area contributed by atoms with Crippen LogP contribution in [0.25, 0.3) is 0 Å². The van der Waals surface area contributed by atoms with Crippen molar-refractivity contribution in [3.05, 3.63) is 22.4 Å². The second-order valence-electron chi connectivity index (χ2n) is 5.79. The van der Waals surface area contributed by atoms with E-state index in [1.807, 2.05) is 11.3 Å². The predicted molar refractivity (Wildman–Crippen MR) is 78.4 cm³/mol. The van der Waals surface area contributed by atoms with Gasteiger partial charge in [-0.15, -0.1) is 11.3 Å². The van der Waals surface area contributed by atoms with E-state index in [4.69, 9.17) is 5.11 Å². The maximum Gasteiger partial charge on any atom is 0.303 e. The molecule has 1 N–H and O–H groups in total. The van der Waals surface area contributed by atoms with Crippen molar-refractivity contribution in [2.45, 2.75) is 39.2 Å². The van der Waals surface area contributed by atoms with Crippen LogP contribution in [0.15, 0.2) is 17.5 Å². The predicted octanol–water partition coefficient (Wildman–Crippen LogP) is 3.63. The van der Waals surface area contributed by atoms with Gasteiger partial charge in [0, 0.05) is 23.9 Å². The van der Waals surface area contributed by atoms with E-state index < -0.39 is 5.97 Å². The number of carbonyl (C=O) groups is 1. The third-order valence-corrected chi connectivity index (χ3v) is 4.89. The second-order valence-corrected chi connectivity index (χ2v) is 6.77. The van der Waals surface area contributed by atoms with Crippen LogP contribution >= 0.6 is 11.3 Å². The Bertz CT molecular complexity index is 402. The highest BCUT2D eigenvalue weighted by Crippen LogP contribution is 2.36. The summed E-state index contributed by atoms with van der Waals surface area (Å²) in [7, 11) is 0. The molecule has 0 amide bonds. The van der Waals surface area contributed by atoms with Crippen LogP contribution in [0, 0.1) is 11.8 Å². The van der Waals surface area contributed by atoms with Gasteiger partial charge in [-0.3, -0.25) is 9.69 Å². The molecule has 0 radical (unpaired) electrons. The Kier molecular flexibility index (Phi) is 4.99. The van der Waals surface area contributed by atoms with Gasteiger partial charge >= 0.3 is 5.97 Å². The van der Waals surface area contributed by atoms with Gasteiger partial charge in [-0.1, -0.05) is 19.9 Å². The molecule has 2 unspecified atom stereocenters.